The number of nitrogens with one attached hydrogen (secondary N) is 1. The summed E-state index contributed by atoms with van der Waals surface area (Å²) in [5.74, 6) is 0. The molecular formula is C17H16N4S. The first kappa shape index (κ1) is 15.6. The first-order chi connectivity index (χ1) is 10.7. The van der Waals surface area contributed by atoms with Crippen LogP contribution in [0.5, 0.6) is 0 Å². The summed E-state index contributed by atoms with van der Waals surface area (Å²) in [6.45, 7) is 0. The van der Waals surface area contributed by atoms with E-state index in [1.54, 1.807) is 12.4 Å². The average Bonchev–Trinajstić information content (AvgIpc) is 2.54. The van der Waals surface area contributed by atoms with Crippen molar-refractivity contribution in [1.82, 2.24) is 5.43 Å². The summed E-state index contributed by atoms with van der Waals surface area (Å²) in [5.41, 5.74) is 10.7. The minimum atomic E-state index is 0.141. The zero-order valence-corrected chi connectivity index (χ0v) is 12.7. The van der Waals surface area contributed by atoms with Crippen LogP contribution in [0.3, 0.4) is 0 Å². The number of hydrazone groups is 1. The standard InChI is InChI=1S/C17H16N4S/c18-17(22)21-20-13-15-8-10-16(11-9-15)19-12-4-7-14-5-2-1-3-6-14/h1-13H,(H3,18,21,22). The van der Waals surface area contributed by atoms with E-state index in [1.165, 1.54) is 0 Å². The molecule has 0 spiro atoms. The topological polar surface area (TPSA) is 62.8 Å². The molecule has 22 heavy (non-hydrogen) atoms. The molecule has 4 nitrogen and oxygen atoms in total. The minimum Gasteiger partial charge on any atom is -0.375 e. The summed E-state index contributed by atoms with van der Waals surface area (Å²) < 4.78 is 0. The van der Waals surface area contributed by atoms with Crippen molar-refractivity contribution in [2.45, 2.75) is 0 Å². The summed E-state index contributed by atoms with van der Waals surface area (Å²) in [6, 6.07) is 17.7. The molecule has 2 aromatic carbocycles. The van der Waals surface area contributed by atoms with Gasteiger partial charge in [-0.3, -0.25) is 10.4 Å². The van der Waals surface area contributed by atoms with Crippen LogP contribution in [0, 0.1) is 0 Å². The summed E-state index contributed by atoms with van der Waals surface area (Å²) in [7, 11) is 0. The molecule has 0 heterocycles. The van der Waals surface area contributed by atoms with Crippen LogP contribution < -0.4 is 11.2 Å². The van der Waals surface area contributed by atoms with Crippen molar-refractivity contribution >= 4 is 41.5 Å². The summed E-state index contributed by atoms with van der Waals surface area (Å²) in [5, 5.41) is 4.03. The molecule has 0 aliphatic carbocycles. The van der Waals surface area contributed by atoms with Crippen LogP contribution in [0.2, 0.25) is 0 Å². The number of hydrogen-bond acceptors (Lipinski definition) is 3. The van der Waals surface area contributed by atoms with Crippen molar-refractivity contribution in [1.29, 1.82) is 0 Å². The molecule has 0 unspecified atom stereocenters. The molecule has 0 amide bonds. The van der Waals surface area contributed by atoms with Gasteiger partial charge in [0.1, 0.15) is 0 Å². The van der Waals surface area contributed by atoms with Crippen molar-refractivity contribution < 1.29 is 0 Å². The van der Waals surface area contributed by atoms with Crippen LogP contribution in [0.25, 0.3) is 6.08 Å². The highest BCUT2D eigenvalue weighted by molar-refractivity contribution is 7.80. The highest BCUT2D eigenvalue weighted by Crippen LogP contribution is 2.11. The van der Waals surface area contributed by atoms with Gasteiger partial charge in [-0.1, -0.05) is 48.5 Å². The fourth-order valence-electron chi connectivity index (χ4n) is 1.66. The van der Waals surface area contributed by atoms with Crippen molar-refractivity contribution in [2.75, 3.05) is 0 Å². The summed E-state index contributed by atoms with van der Waals surface area (Å²) in [4.78, 5) is 4.36. The van der Waals surface area contributed by atoms with Crippen molar-refractivity contribution in [3.05, 3.63) is 71.8 Å². The lowest BCUT2D eigenvalue weighted by Crippen LogP contribution is -2.23. The largest absolute Gasteiger partial charge is 0.375 e. The second-order valence-electron chi connectivity index (χ2n) is 4.37. The number of rotatable bonds is 5. The fourth-order valence-corrected chi connectivity index (χ4v) is 1.72. The number of nitrogens with two attached hydrogens (primary N) is 1. The predicted molar refractivity (Wildman–Crippen MR) is 97.6 cm³/mol. The molecule has 0 bridgehead atoms. The van der Waals surface area contributed by atoms with Gasteiger partial charge in [0, 0.05) is 6.21 Å². The maximum absolute atomic E-state index is 5.27. The van der Waals surface area contributed by atoms with E-state index in [9.17, 15) is 0 Å². The van der Waals surface area contributed by atoms with Gasteiger partial charge in [-0.05, 0) is 41.6 Å². The molecule has 0 atom stereocenters. The molecule has 0 radical (unpaired) electrons. The van der Waals surface area contributed by atoms with E-state index < -0.39 is 0 Å². The van der Waals surface area contributed by atoms with Crippen LogP contribution in [-0.4, -0.2) is 17.5 Å². The third-order valence-electron chi connectivity index (χ3n) is 2.68. The predicted octanol–water partition coefficient (Wildman–Crippen LogP) is 3.27. The second kappa shape index (κ2) is 8.49. The third-order valence-corrected chi connectivity index (χ3v) is 2.77. The third kappa shape index (κ3) is 5.68. The number of allylic oxidation sites excluding steroid dienone is 1. The minimum absolute atomic E-state index is 0.141. The second-order valence-corrected chi connectivity index (χ2v) is 4.81. The monoisotopic (exact) mass is 308 g/mol. The summed E-state index contributed by atoms with van der Waals surface area (Å²) >= 11 is 4.65. The normalized spacial score (nSPS) is 11.5. The zero-order chi connectivity index (χ0) is 15.6. The summed E-state index contributed by atoms with van der Waals surface area (Å²) in [6.07, 6.45) is 7.33. The van der Waals surface area contributed by atoms with Gasteiger partial charge in [0.2, 0.25) is 0 Å². The molecule has 3 N–H and O–H groups in total. The molecule has 0 saturated heterocycles. The number of benzene rings is 2. The van der Waals surface area contributed by atoms with E-state index in [4.69, 9.17) is 5.73 Å². The molecule has 2 aromatic rings. The van der Waals surface area contributed by atoms with Crippen LogP contribution in [0.4, 0.5) is 5.69 Å². The van der Waals surface area contributed by atoms with E-state index >= 15 is 0 Å². The van der Waals surface area contributed by atoms with Gasteiger partial charge in [0.25, 0.3) is 0 Å². The first-order valence-corrected chi connectivity index (χ1v) is 7.09. The van der Waals surface area contributed by atoms with Gasteiger partial charge in [0.05, 0.1) is 11.9 Å². The number of hydrogen-bond donors (Lipinski definition) is 2. The number of aliphatic imine (C=N–C) groups is 1. The lowest BCUT2D eigenvalue weighted by molar-refractivity contribution is 1.04. The highest BCUT2D eigenvalue weighted by atomic mass is 32.1. The average molecular weight is 308 g/mol. The van der Waals surface area contributed by atoms with Crippen molar-refractivity contribution in [3.8, 4) is 0 Å². The van der Waals surface area contributed by atoms with Crippen molar-refractivity contribution in [2.24, 2.45) is 15.8 Å². The SMILES string of the molecule is NC(=S)NN=Cc1ccc(N=CC=Cc2ccccc2)cc1. The Labute approximate surface area is 135 Å². The molecule has 5 heteroatoms. The molecule has 0 saturated carbocycles. The van der Waals surface area contributed by atoms with Crippen LogP contribution in [0.15, 0.2) is 70.8 Å². The Kier molecular flexibility index (Phi) is 6.02. The number of nitrogens with zero attached hydrogens (tertiary/aromatic N) is 2. The van der Waals surface area contributed by atoms with Gasteiger partial charge >= 0.3 is 0 Å². The van der Waals surface area contributed by atoms with Gasteiger partial charge < -0.3 is 5.73 Å². The van der Waals surface area contributed by atoms with E-state index in [1.807, 2.05) is 66.7 Å². The first-order valence-electron chi connectivity index (χ1n) is 6.68. The molecule has 0 fully saturated rings. The molecule has 0 aromatic heterocycles. The fraction of sp³-hybridized carbons (Fsp3) is 0. The Bertz CT molecular complexity index is 688. The van der Waals surface area contributed by atoms with Gasteiger partial charge in [-0.2, -0.15) is 5.10 Å². The van der Waals surface area contributed by atoms with Crippen molar-refractivity contribution in [3.63, 3.8) is 0 Å². The van der Waals surface area contributed by atoms with E-state index in [-0.39, 0.29) is 5.11 Å². The maximum atomic E-state index is 5.27. The quantitative estimate of drug-likeness (QED) is 0.506. The smallest absolute Gasteiger partial charge is 0.184 e. The van der Waals surface area contributed by atoms with Gasteiger partial charge in [-0.15, -0.1) is 0 Å². The van der Waals surface area contributed by atoms with Crippen LogP contribution in [0.1, 0.15) is 11.1 Å². The van der Waals surface area contributed by atoms with E-state index in [0.29, 0.717) is 0 Å². The molecular weight excluding hydrogens is 292 g/mol. The van der Waals surface area contributed by atoms with Crippen LogP contribution >= 0.6 is 12.2 Å². The molecule has 2 rings (SSSR count). The Hall–Kier alpha value is -2.79. The lowest BCUT2D eigenvalue weighted by Gasteiger charge is -1.96. The molecule has 110 valence electrons. The highest BCUT2D eigenvalue weighted by Gasteiger charge is 1.89. The maximum Gasteiger partial charge on any atom is 0.184 e. The van der Waals surface area contributed by atoms with Gasteiger partial charge in [-0.25, -0.2) is 0 Å². The Morgan fingerprint density at radius 3 is 2.41 bits per heavy atom. The van der Waals surface area contributed by atoms with Gasteiger partial charge in [0.15, 0.2) is 5.11 Å². The molecule has 0 aliphatic rings. The molecule has 0 aliphatic heterocycles. The van der Waals surface area contributed by atoms with E-state index in [0.717, 1.165) is 16.8 Å². The Balaban J connectivity index is 1.91. The number of thiocarbonyl (C=S) groups is 1. The Morgan fingerprint density at radius 2 is 1.73 bits per heavy atom. The van der Waals surface area contributed by atoms with Crippen LogP contribution in [-0.2, 0) is 0 Å². The Morgan fingerprint density at radius 1 is 1.00 bits per heavy atom. The lowest BCUT2D eigenvalue weighted by atomic mass is 10.2. The zero-order valence-electron chi connectivity index (χ0n) is 11.9. The van der Waals surface area contributed by atoms with E-state index in [2.05, 4.69) is 27.7 Å².